The minimum atomic E-state index is -0.479. The summed E-state index contributed by atoms with van der Waals surface area (Å²) in [5, 5.41) is 0. The summed E-state index contributed by atoms with van der Waals surface area (Å²) in [4.78, 5) is 35.2. The number of carbonyl (C=O) groups is 2. The molecule has 0 aliphatic rings. The van der Waals surface area contributed by atoms with Crippen LogP contribution in [0.3, 0.4) is 0 Å². The molecule has 0 radical (unpaired) electrons. The zero-order valence-electron chi connectivity index (χ0n) is 21.9. The zero-order valence-corrected chi connectivity index (χ0v) is 21.9. The number of amides is 1. The average molecular weight is 473 g/mol. The standard InChI is InChI=1S/C27H44N4O3/c1-6-34-27(33)25(19-21(2)3)30(5)26(32)15-13-11-9-7-8-10-12-14-18-31-22(4)29-23-20-28-17-16-24(23)31/h16-17,20-21,25H,6-15,18-19H2,1-5H3/t25-/m0/s1. The highest BCUT2D eigenvalue weighted by Crippen LogP contribution is 2.17. The average Bonchev–Trinajstić information content (AvgIpc) is 3.13. The van der Waals surface area contributed by atoms with Crippen molar-refractivity contribution >= 4 is 22.9 Å². The van der Waals surface area contributed by atoms with Crippen LogP contribution in [0.1, 0.15) is 90.8 Å². The van der Waals surface area contributed by atoms with Crippen molar-refractivity contribution in [2.24, 2.45) is 5.92 Å². The fourth-order valence-corrected chi connectivity index (χ4v) is 4.44. The van der Waals surface area contributed by atoms with E-state index in [0.29, 0.717) is 25.4 Å². The number of nitrogens with zero attached hydrogens (tertiary/aromatic N) is 4. The van der Waals surface area contributed by atoms with Gasteiger partial charge in [-0.15, -0.1) is 0 Å². The molecule has 7 nitrogen and oxygen atoms in total. The Labute approximate surface area is 205 Å². The first-order valence-electron chi connectivity index (χ1n) is 13.0. The normalized spacial score (nSPS) is 12.3. The lowest BCUT2D eigenvalue weighted by molar-refractivity contribution is -0.154. The third kappa shape index (κ3) is 8.73. The number of likely N-dealkylation sites (N-methyl/N-ethyl adjacent to an activating group) is 1. The van der Waals surface area contributed by atoms with E-state index in [-0.39, 0.29) is 11.9 Å². The molecule has 34 heavy (non-hydrogen) atoms. The van der Waals surface area contributed by atoms with Crippen LogP contribution in [0.2, 0.25) is 0 Å². The monoisotopic (exact) mass is 472 g/mol. The second-order valence-electron chi connectivity index (χ2n) is 9.66. The number of carbonyl (C=O) groups excluding carboxylic acids is 2. The number of fused-ring (bicyclic) bond motifs is 1. The van der Waals surface area contributed by atoms with Gasteiger partial charge in [0.05, 0.1) is 18.3 Å². The number of hydrogen-bond donors (Lipinski definition) is 0. The van der Waals surface area contributed by atoms with Gasteiger partial charge in [0.15, 0.2) is 0 Å². The first-order valence-corrected chi connectivity index (χ1v) is 13.0. The van der Waals surface area contributed by atoms with Gasteiger partial charge in [-0.25, -0.2) is 9.78 Å². The lowest BCUT2D eigenvalue weighted by atomic mass is 10.0. The number of hydrogen-bond acceptors (Lipinski definition) is 5. The molecule has 0 bridgehead atoms. The maximum Gasteiger partial charge on any atom is 0.328 e. The molecule has 0 unspecified atom stereocenters. The Hall–Kier alpha value is -2.44. The molecule has 7 heteroatoms. The van der Waals surface area contributed by atoms with E-state index in [1.54, 1.807) is 18.9 Å². The van der Waals surface area contributed by atoms with Crippen molar-refractivity contribution in [2.45, 2.75) is 104 Å². The van der Waals surface area contributed by atoms with Gasteiger partial charge in [-0.3, -0.25) is 9.78 Å². The fourth-order valence-electron chi connectivity index (χ4n) is 4.44. The van der Waals surface area contributed by atoms with Gasteiger partial charge < -0.3 is 14.2 Å². The van der Waals surface area contributed by atoms with Gasteiger partial charge >= 0.3 is 5.97 Å². The summed E-state index contributed by atoms with van der Waals surface area (Å²) in [6, 6.07) is 1.56. The highest BCUT2D eigenvalue weighted by molar-refractivity contribution is 5.84. The molecular formula is C27H44N4O3. The van der Waals surface area contributed by atoms with Crippen LogP contribution in [0.4, 0.5) is 0 Å². The molecule has 1 atom stereocenters. The third-order valence-corrected chi connectivity index (χ3v) is 6.38. The van der Waals surface area contributed by atoms with Crippen molar-refractivity contribution in [2.75, 3.05) is 13.7 Å². The molecule has 2 rings (SSSR count). The largest absolute Gasteiger partial charge is 0.464 e. The van der Waals surface area contributed by atoms with Crippen LogP contribution < -0.4 is 0 Å². The molecule has 2 heterocycles. The SMILES string of the molecule is CCOC(=O)[C@H](CC(C)C)N(C)C(=O)CCCCCCCCCCn1c(C)nc2cnccc21. The van der Waals surface area contributed by atoms with Crippen molar-refractivity contribution < 1.29 is 14.3 Å². The van der Waals surface area contributed by atoms with E-state index >= 15 is 0 Å². The van der Waals surface area contributed by atoms with Gasteiger partial charge in [0, 0.05) is 26.2 Å². The van der Waals surface area contributed by atoms with E-state index < -0.39 is 6.04 Å². The quantitative estimate of drug-likeness (QED) is 0.232. The van der Waals surface area contributed by atoms with Gasteiger partial charge in [-0.05, 0) is 45.1 Å². The fraction of sp³-hybridized carbons (Fsp3) is 0.704. The zero-order chi connectivity index (χ0) is 24.9. The molecule has 0 aliphatic heterocycles. The molecule has 0 saturated heterocycles. The summed E-state index contributed by atoms with van der Waals surface area (Å²) in [5.74, 6) is 1.13. The van der Waals surface area contributed by atoms with Crippen LogP contribution in [-0.2, 0) is 20.9 Å². The Morgan fingerprint density at radius 3 is 2.35 bits per heavy atom. The van der Waals surface area contributed by atoms with Crippen molar-refractivity contribution in [1.29, 1.82) is 0 Å². The van der Waals surface area contributed by atoms with Crippen LogP contribution in [0.15, 0.2) is 18.5 Å². The van der Waals surface area contributed by atoms with Crippen LogP contribution in [0, 0.1) is 12.8 Å². The molecule has 0 spiro atoms. The lowest BCUT2D eigenvalue weighted by Gasteiger charge is -2.27. The molecule has 0 aliphatic carbocycles. The molecule has 0 aromatic carbocycles. The van der Waals surface area contributed by atoms with Crippen molar-refractivity contribution in [3.05, 3.63) is 24.3 Å². The summed E-state index contributed by atoms with van der Waals surface area (Å²) in [6.45, 7) is 9.32. The van der Waals surface area contributed by atoms with E-state index in [1.165, 1.54) is 31.2 Å². The number of ether oxygens (including phenoxy) is 1. The number of pyridine rings is 1. The number of imidazole rings is 1. The molecule has 0 N–H and O–H groups in total. The summed E-state index contributed by atoms with van der Waals surface area (Å²) in [5.41, 5.74) is 2.14. The molecule has 0 fully saturated rings. The lowest BCUT2D eigenvalue weighted by Crippen LogP contribution is -2.44. The predicted molar refractivity (Wildman–Crippen MR) is 136 cm³/mol. The molecule has 2 aromatic heterocycles. The van der Waals surface area contributed by atoms with Crippen molar-refractivity contribution in [1.82, 2.24) is 19.4 Å². The van der Waals surface area contributed by atoms with E-state index in [0.717, 1.165) is 43.6 Å². The van der Waals surface area contributed by atoms with Gasteiger partial charge in [0.2, 0.25) is 5.91 Å². The molecule has 0 saturated carbocycles. The third-order valence-electron chi connectivity index (χ3n) is 6.38. The maximum atomic E-state index is 12.6. The highest BCUT2D eigenvalue weighted by atomic mass is 16.5. The Kier molecular flexibility index (Phi) is 12.1. The van der Waals surface area contributed by atoms with Crippen LogP contribution in [-0.4, -0.2) is 51.0 Å². The van der Waals surface area contributed by atoms with Crippen LogP contribution in [0.5, 0.6) is 0 Å². The second kappa shape index (κ2) is 14.7. The van der Waals surface area contributed by atoms with Crippen LogP contribution in [0.25, 0.3) is 11.0 Å². The van der Waals surface area contributed by atoms with Gasteiger partial charge in [0.1, 0.15) is 17.4 Å². The Morgan fingerprint density at radius 1 is 1.06 bits per heavy atom. The van der Waals surface area contributed by atoms with E-state index in [4.69, 9.17) is 4.74 Å². The summed E-state index contributed by atoms with van der Waals surface area (Å²) in [7, 11) is 1.73. The number of aryl methyl sites for hydroxylation is 2. The summed E-state index contributed by atoms with van der Waals surface area (Å²) < 4.78 is 7.47. The molecular weight excluding hydrogens is 428 g/mol. The topological polar surface area (TPSA) is 77.3 Å². The maximum absolute atomic E-state index is 12.6. The molecule has 1 amide bonds. The molecule has 190 valence electrons. The first kappa shape index (κ1) is 27.8. The Bertz CT molecular complexity index is 893. The summed E-state index contributed by atoms with van der Waals surface area (Å²) in [6.07, 6.45) is 13.9. The first-order chi connectivity index (χ1) is 16.3. The molecule has 2 aromatic rings. The summed E-state index contributed by atoms with van der Waals surface area (Å²) >= 11 is 0. The number of unbranched alkanes of at least 4 members (excludes halogenated alkanes) is 7. The number of esters is 1. The minimum absolute atomic E-state index is 0.0387. The van der Waals surface area contributed by atoms with E-state index in [2.05, 4.69) is 35.3 Å². The van der Waals surface area contributed by atoms with Gasteiger partial charge in [-0.1, -0.05) is 52.4 Å². The van der Waals surface area contributed by atoms with Crippen LogP contribution >= 0.6 is 0 Å². The van der Waals surface area contributed by atoms with E-state index in [9.17, 15) is 9.59 Å². The second-order valence-corrected chi connectivity index (χ2v) is 9.66. The van der Waals surface area contributed by atoms with E-state index in [1.807, 2.05) is 18.5 Å². The Balaban J connectivity index is 1.56. The smallest absolute Gasteiger partial charge is 0.328 e. The number of aromatic nitrogens is 3. The predicted octanol–water partition coefficient (Wildman–Crippen LogP) is 5.69. The Morgan fingerprint density at radius 2 is 1.71 bits per heavy atom. The highest BCUT2D eigenvalue weighted by Gasteiger charge is 2.28. The van der Waals surface area contributed by atoms with Crippen molar-refractivity contribution in [3.8, 4) is 0 Å². The number of rotatable bonds is 16. The minimum Gasteiger partial charge on any atom is -0.464 e. The van der Waals surface area contributed by atoms with Crippen molar-refractivity contribution in [3.63, 3.8) is 0 Å². The van der Waals surface area contributed by atoms with Gasteiger partial charge in [0.25, 0.3) is 0 Å². The van der Waals surface area contributed by atoms with Gasteiger partial charge in [-0.2, -0.15) is 0 Å².